The molecule has 4 bridgehead atoms. The maximum Gasteiger partial charge on any atom is 0.0584 e. The fraction of sp³-hybridized carbons (Fsp3) is 0.156. The van der Waals surface area contributed by atoms with Crippen molar-refractivity contribution >= 4 is 60.7 Å². The Hall–Kier alpha value is -7.62. The Bertz CT molecular complexity index is 3680. The molecule has 11 aromatic rings. The van der Waals surface area contributed by atoms with E-state index in [2.05, 4.69) is 226 Å². The molecule has 0 saturated heterocycles. The van der Waals surface area contributed by atoms with Crippen molar-refractivity contribution < 1.29 is 0 Å². The van der Waals surface area contributed by atoms with Crippen molar-refractivity contribution in [1.29, 1.82) is 0 Å². The standard InChI is InChI=1S/C64H49N3/c1-2-14-43(15-3-1)44-26-30-48(31-27-44)65(49-32-28-45(29-33-49)51-16-4-9-21-58(51)66-59-22-10-5-17-52(59)53-18-6-11-23-60(53)66)50-39-55-54-19-7-12-24-61(54)67-62-25-13-8-20-56(62)64(57(40-50)63(55)67)46-35-41-34-42(37-46)38-47(64)36-41/h1-33,39-42,46-47H,34-38H2/t41-,42+,46+,47-,64?. The Labute approximate surface area is 391 Å². The van der Waals surface area contributed by atoms with Crippen molar-refractivity contribution in [3.05, 3.63) is 223 Å². The summed E-state index contributed by atoms with van der Waals surface area (Å²) in [6.07, 6.45) is 6.81. The zero-order valence-corrected chi connectivity index (χ0v) is 37.4. The zero-order valence-electron chi connectivity index (χ0n) is 37.4. The van der Waals surface area contributed by atoms with E-state index in [1.165, 1.54) is 115 Å². The number of aromatic nitrogens is 2. The fourth-order valence-electron chi connectivity index (χ4n) is 14.5. The van der Waals surface area contributed by atoms with Crippen molar-refractivity contribution in [1.82, 2.24) is 9.13 Å². The van der Waals surface area contributed by atoms with Gasteiger partial charge in [-0.15, -0.1) is 0 Å². The fourth-order valence-corrected chi connectivity index (χ4v) is 14.5. The van der Waals surface area contributed by atoms with Crippen molar-refractivity contribution in [3.8, 4) is 33.6 Å². The quantitative estimate of drug-likeness (QED) is 0.162. The van der Waals surface area contributed by atoms with E-state index in [-0.39, 0.29) is 5.41 Å². The number of hydrogen-bond acceptors (Lipinski definition) is 1. The number of hydrogen-bond donors (Lipinski definition) is 0. The van der Waals surface area contributed by atoms with Crippen LogP contribution >= 0.6 is 0 Å². The van der Waals surface area contributed by atoms with Crippen molar-refractivity contribution in [2.75, 3.05) is 4.90 Å². The van der Waals surface area contributed by atoms with Crippen molar-refractivity contribution in [3.63, 3.8) is 0 Å². The number of fused-ring (bicyclic) bond motifs is 8. The highest BCUT2D eigenvalue weighted by atomic mass is 15.1. The monoisotopic (exact) mass is 859 g/mol. The number of benzene rings is 9. The third-order valence-corrected chi connectivity index (χ3v) is 16.9. The van der Waals surface area contributed by atoms with E-state index in [1.807, 2.05) is 0 Å². The smallest absolute Gasteiger partial charge is 0.0584 e. The van der Waals surface area contributed by atoms with Crippen LogP contribution < -0.4 is 4.90 Å². The van der Waals surface area contributed by atoms with Gasteiger partial charge in [0.05, 0.1) is 33.4 Å². The van der Waals surface area contributed by atoms with E-state index in [0.29, 0.717) is 11.8 Å². The van der Waals surface area contributed by atoms with Gasteiger partial charge in [0.25, 0.3) is 0 Å². The normalized spacial score (nSPS) is 21.2. The summed E-state index contributed by atoms with van der Waals surface area (Å²) in [5.41, 5.74) is 19.2. The summed E-state index contributed by atoms with van der Waals surface area (Å²) >= 11 is 0. The van der Waals surface area contributed by atoms with Gasteiger partial charge in [-0.2, -0.15) is 0 Å². The molecule has 0 N–H and O–H groups in total. The predicted molar refractivity (Wildman–Crippen MR) is 278 cm³/mol. The van der Waals surface area contributed by atoms with Gasteiger partial charge in [-0.05, 0) is 150 Å². The maximum atomic E-state index is 2.66. The highest BCUT2D eigenvalue weighted by Crippen LogP contribution is 2.68. The molecule has 3 nitrogen and oxygen atoms in total. The Morgan fingerprint density at radius 2 is 0.851 bits per heavy atom. The van der Waals surface area contributed by atoms with Crippen LogP contribution in [-0.4, -0.2) is 9.13 Å². The molecule has 3 heteroatoms. The molecule has 0 unspecified atom stereocenters. The van der Waals surface area contributed by atoms with E-state index in [4.69, 9.17) is 0 Å². The zero-order chi connectivity index (χ0) is 43.8. The lowest BCUT2D eigenvalue weighted by Crippen LogP contribution is -2.57. The molecule has 9 aromatic carbocycles. The van der Waals surface area contributed by atoms with E-state index < -0.39 is 0 Å². The van der Waals surface area contributed by atoms with Crippen molar-refractivity contribution in [2.24, 2.45) is 23.7 Å². The third kappa shape index (κ3) is 5.29. The summed E-state index contributed by atoms with van der Waals surface area (Å²) in [5.74, 6) is 3.01. The number of nitrogens with zero attached hydrogens (tertiary/aromatic N) is 3. The molecule has 3 heterocycles. The molecular weight excluding hydrogens is 811 g/mol. The number of anilines is 3. The summed E-state index contributed by atoms with van der Waals surface area (Å²) in [7, 11) is 0. The first kappa shape index (κ1) is 37.6. The summed E-state index contributed by atoms with van der Waals surface area (Å²) in [6, 6.07) is 79.9. The second-order valence-electron chi connectivity index (χ2n) is 20.1. The van der Waals surface area contributed by atoms with Crippen LogP contribution in [0.2, 0.25) is 0 Å². The first-order valence-electron chi connectivity index (χ1n) is 24.5. The van der Waals surface area contributed by atoms with Crippen LogP contribution in [0, 0.1) is 23.7 Å². The van der Waals surface area contributed by atoms with Crippen molar-refractivity contribution in [2.45, 2.75) is 37.5 Å². The largest absolute Gasteiger partial charge is 0.310 e. The van der Waals surface area contributed by atoms with Crippen LogP contribution in [-0.2, 0) is 5.41 Å². The van der Waals surface area contributed by atoms with Gasteiger partial charge in [-0.3, -0.25) is 0 Å². The van der Waals surface area contributed by atoms with E-state index >= 15 is 0 Å². The molecule has 1 aliphatic heterocycles. The van der Waals surface area contributed by atoms with E-state index in [0.717, 1.165) is 23.2 Å². The summed E-state index contributed by atoms with van der Waals surface area (Å²) in [4.78, 5) is 2.55. The first-order valence-corrected chi connectivity index (χ1v) is 24.5. The lowest BCUT2D eigenvalue weighted by atomic mass is 9.41. The molecule has 67 heavy (non-hydrogen) atoms. The average molecular weight is 860 g/mol. The van der Waals surface area contributed by atoms with Gasteiger partial charge in [0.2, 0.25) is 0 Å². The van der Waals surface area contributed by atoms with Gasteiger partial charge < -0.3 is 14.0 Å². The number of rotatable bonds is 6. The Balaban J connectivity index is 0.949. The van der Waals surface area contributed by atoms with Crippen LogP contribution in [0.15, 0.2) is 212 Å². The maximum absolute atomic E-state index is 2.66. The second kappa shape index (κ2) is 14.2. The topological polar surface area (TPSA) is 13.1 Å². The molecule has 320 valence electrons. The van der Waals surface area contributed by atoms with Gasteiger partial charge in [-0.1, -0.05) is 146 Å². The average Bonchev–Trinajstić information content (AvgIpc) is 3.90. The molecule has 0 atom stereocenters. The Morgan fingerprint density at radius 3 is 1.49 bits per heavy atom. The molecule has 16 rings (SSSR count). The lowest BCUT2D eigenvalue weighted by molar-refractivity contribution is -0.0418. The molecule has 1 spiro atoms. The minimum atomic E-state index is -0.0220. The molecule has 0 amide bonds. The van der Waals surface area contributed by atoms with Crippen LogP contribution in [0.1, 0.15) is 43.2 Å². The van der Waals surface area contributed by atoms with Gasteiger partial charge in [0.15, 0.2) is 0 Å². The molecule has 0 radical (unpaired) electrons. The van der Waals surface area contributed by atoms with Gasteiger partial charge in [-0.25, -0.2) is 0 Å². The van der Waals surface area contributed by atoms with Gasteiger partial charge in [0, 0.05) is 49.6 Å². The minimum Gasteiger partial charge on any atom is -0.310 e. The Kier molecular flexibility index (Phi) is 7.96. The molecular formula is C64H49N3. The lowest BCUT2D eigenvalue weighted by Gasteiger charge is -2.63. The van der Waals surface area contributed by atoms with Crippen LogP contribution in [0.4, 0.5) is 17.1 Å². The van der Waals surface area contributed by atoms with Crippen LogP contribution in [0.3, 0.4) is 0 Å². The first-order chi connectivity index (χ1) is 33.2. The van der Waals surface area contributed by atoms with E-state index in [1.54, 1.807) is 11.1 Å². The van der Waals surface area contributed by atoms with E-state index in [9.17, 15) is 0 Å². The molecule has 5 aliphatic rings. The minimum absolute atomic E-state index is 0.0220. The molecule has 4 saturated carbocycles. The SMILES string of the molecule is c1ccc(-c2ccc(N(c3ccc(-c4ccccc4-n4c5ccccc5c5ccccc54)cc3)c3cc4c5c(c3)c3ccccc3n5-c3ccccc3C43[C@H]4C[C@H]5C[C@H](C[C@H]3C5)C4)cc2)cc1. The highest BCUT2D eigenvalue weighted by molar-refractivity contribution is 6.13. The van der Waals surface area contributed by atoms with Crippen LogP contribution in [0.25, 0.3) is 77.2 Å². The second-order valence-corrected chi connectivity index (χ2v) is 20.1. The summed E-state index contributed by atoms with van der Waals surface area (Å²) < 4.78 is 5.08. The van der Waals surface area contributed by atoms with Crippen LogP contribution in [0.5, 0.6) is 0 Å². The summed E-state index contributed by atoms with van der Waals surface area (Å²) in [6.45, 7) is 0. The number of para-hydroxylation sites is 5. The Morgan fingerprint density at radius 1 is 0.358 bits per heavy atom. The highest BCUT2D eigenvalue weighted by Gasteiger charge is 2.61. The van der Waals surface area contributed by atoms with Gasteiger partial charge >= 0.3 is 0 Å². The van der Waals surface area contributed by atoms with Gasteiger partial charge in [0.1, 0.15) is 0 Å². The summed E-state index contributed by atoms with van der Waals surface area (Å²) in [5, 5.41) is 5.23. The third-order valence-electron chi connectivity index (χ3n) is 16.9. The molecule has 4 fully saturated rings. The molecule has 4 aliphatic carbocycles. The molecule has 2 aromatic heterocycles. The predicted octanol–water partition coefficient (Wildman–Crippen LogP) is 16.7.